The molecule has 39 heavy (non-hydrogen) atoms. The molecular formula is C28H32FN5O5. The van der Waals surface area contributed by atoms with E-state index in [0.29, 0.717) is 55.5 Å². The van der Waals surface area contributed by atoms with Gasteiger partial charge in [-0.2, -0.15) is 0 Å². The molecule has 0 spiro atoms. The Hall–Kier alpha value is -4.28. The van der Waals surface area contributed by atoms with Crippen molar-refractivity contribution < 1.29 is 28.5 Å². The van der Waals surface area contributed by atoms with E-state index < -0.39 is 17.7 Å². The molecule has 11 heteroatoms. The van der Waals surface area contributed by atoms with Gasteiger partial charge >= 0.3 is 12.1 Å². The van der Waals surface area contributed by atoms with Crippen molar-refractivity contribution in [2.24, 2.45) is 9.98 Å². The van der Waals surface area contributed by atoms with Crippen LogP contribution in [0.5, 0.6) is 5.88 Å². The standard InChI is InChI=1S/C28H32FN5O5/c1-18-23(16-32-26-25(18)34(12-13-37-26)27(36)38-28(2,3)4)33-11-10-20(22(17-33)30-5)15-31-21-8-6-19(7-9-21)14-24(35)39-29/h6-9,15-16H,5,10-14,17H2,1-4H3. The van der Waals surface area contributed by atoms with Crippen molar-refractivity contribution in [2.75, 3.05) is 36.0 Å². The molecule has 0 radical (unpaired) electrons. The van der Waals surface area contributed by atoms with Crippen molar-refractivity contribution in [3.63, 3.8) is 0 Å². The van der Waals surface area contributed by atoms with Gasteiger partial charge in [0.2, 0.25) is 5.88 Å². The summed E-state index contributed by atoms with van der Waals surface area (Å²) < 4.78 is 23.3. The number of rotatable bonds is 6. The highest BCUT2D eigenvalue weighted by Gasteiger charge is 2.32. The molecular weight excluding hydrogens is 505 g/mol. The number of hydrogen-bond donors (Lipinski definition) is 0. The molecule has 1 amide bonds. The Morgan fingerprint density at radius 3 is 2.64 bits per heavy atom. The van der Waals surface area contributed by atoms with Gasteiger partial charge in [0.05, 0.1) is 42.8 Å². The third kappa shape index (κ3) is 6.60. The molecule has 0 bridgehead atoms. The smallest absolute Gasteiger partial charge is 0.415 e. The maximum atomic E-state index is 13.0. The van der Waals surface area contributed by atoms with Gasteiger partial charge in [-0.1, -0.05) is 12.1 Å². The van der Waals surface area contributed by atoms with Crippen molar-refractivity contribution >= 4 is 42.1 Å². The Balaban J connectivity index is 1.53. The Morgan fingerprint density at radius 2 is 1.97 bits per heavy atom. The zero-order valence-corrected chi connectivity index (χ0v) is 22.6. The van der Waals surface area contributed by atoms with E-state index >= 15 is 0 Å². The van der Waals surface area contributed by atoms with Gasteiger partial charge in [-0.15, -0.1) is 0 Å². The van der Waals surface area contributed by atoms with E-state index in [2.05, 4.69) is 31.5 Å². The molecule has 2 aliphatic heterocycles. The average molecular weight is 538 g/mol. The van der Waals surface area contributed by atoms with Crippen molar-refractivity contribution in [2.45, 2.75) is 46.1 Å². The average Bonchev–Trinajstić information content (AvgIpc) is 2.91. The molecule has 2 aromatic rings. The fraction of sp³-hybridized carbons (Fsp3) is 0.393. The van der Waals surface area contributed by atoms with Crippen molar-refractivity contribution in [1.29, 1.82) is 0 Å². The summed E-state index contributed by atoms with van der Waals surface area (Å²) in [7, 11) is 0. The topological polar surface area (TPSA) is 106 Å². The molecule has 0 unspecified atom stereocenters. The molecule has 2 aliphatic rings. The summed E-state index contributed by atoms with van der Waals surface area (Å²) in [6.07, 6.45) is 3.61. The van der Waals surface area contributed by atoms with Crippen LogP contribution in [-0.4, -0.2) is 61.8 Å². The molecule has 1 aromatic heterocycles. The Kier molecular flexibility index (Phi) is 8.27. The number of ether oxygens (including phenoxy) is 2. The second-order valence-electron chi connectivity index (χ2n) is 10.3. The number of amides is 1. The highest BCUT2D eigenvalue weighted by Crippen LogP contribution is 2.39. The number of fused-ring (bicyclic) bond motifs is 1. The van der Waals surface area contributed by atoms with Gasteiger partial charge < -0.3 is 14.4 Å². The Bertz CT molecular complexity index is 1320. The molecule has 0 atom stereocenters. The van der Waals surface area contributed by atoms with Crippen LogP contribution in [0.4, 0.5) is 26.4 Å². The number of nitrogens with zero attached hydrogens (tertiary/aromatic N) is 5. The zero-order valence-electron chi connectivity index (χ0n) is 22.6. The van der Waals surface area contributed by atoms with Crippen LogP contribution in [0.2, 0.25) is 0 Å². The highest BCUT2D eigenvalue weighted by molar-refractivity contribution is 5.92. The number of carbonyl (C=O) groups excluding carboxylic acids is 2. The first-order chi connectivity index (χ1) is 18.6. The molecule has 0 aliphatic carbocycles. The first-order valence-corrected chi connectivity index (χ1v) is 12.6. The summed E-state index contributed by atoms with van der Waals surface area (Å²) in [5.41, 5.74) is 4.76. The number of carbonyl (C=O) groups is 2. The van der Waals surface area contributed by atoms with E-state index in [4.69, 9.17) is 9.47 Å². The monoisotopic (exact) mass is 537 g/mol. The fourth-order valence-corrected chi connectivity index (χ4v) is 4.45. The second-order valence-corrected chi connectivity index (χ2v) is 10.3. The van der Waals surface area contributed by atoms with Crippen LogP contribution in [0, 0.1) is 6.92 Å². The number of benzene rings is 1. The van der Waals surface area contributed by atoms with Crippen LogP contribution in [0.15, 0.2) is 51.7 Å². The van der Waals surface area contributed by atoms with E-state index in [1.54, 1.807) is 41.6 Å². The normalized spacial score (nSPS) is 15.6. The SMILES string of the molecule is C=NC1=C(C=Nc2ccc(CC(=O)OF)cc2)CCN(c2cnc3c(c2C)N(C(=O)OC(C)(C)C)CCO3)C1. The summed E-state index contributed by atoms with van der Waals surface area (Å²) in [6.45, 7) is 13.1. The lowest BCUT2D eigenvalue weighted by Gasteiger charge is -2.35. The van der Waals surface area contributed by atoms with Gasteiger partial charge in [-0.3, -0.25) is 19.8 Å². The van der Waals surface area contributed by atoms with E-state index in [1.165, 1.54) is 0 Å². The van der Waals surface area contributed by atoms with E-state index in [1.807, 2.05) is 27.7 Å². The van der Waals surface area contributed by atoms with Crippen LogP contribution in [-0.2, 0) is 20.9 Å². The van der Waals surface area contributed by atoms with Crippen LogP contribution in [0.25, 0.3) is 0 Å². The molecule has 206 valence electrons. The van der Waals surface area contributed by atoms with E-state index in [9.17, 15) is 14.1 Å². The zero-order chi connectivity index (χ0) is 28.2. The van der Waals surface area contributed by atoms with Gasteiger partial charge in [0.1, 0.15) is 17.9 Å². The minimum Gasteiger partial charge on any atom is -0.474 e. The van der Waals surface area contributed by atoms with E-state index in [0.717, 1.165) is 22.5 Å². The number of aromatic nitrogens is 1. The van der Waals surface area contributed by atoms with Gasteiger partial charge in [-0.25, -0.2) is 14.6 Å². The van der Waals surface area contributed by atoms with Gasteiger partial charge in [0.25, 0.3) is 0 Å². The number of pyridine rings is 1. The summed E-state index contributed by atoms with van der Waals surface area (Å²) in [5, 5.41) is 0. The van der Waals surface area contributed by atoms with Gasteiger partial charge in [-0.05, 0) is 64.1 Å². The molecule has 4 rings (SSSR count). The predicted octanol–water partition coefficient (Wildman–Crippen LogP) is 5.06. The molecule has 0 fully saturated rings. The first kappa shape index (κ1) is 27.7. The van der Waals surface area contributed by atoms with Crippen LogP contribution >= 0.6 is 0 Å². The number of aliphatic imine (C=N–C) groups is 2. The predicted molar refractivity (Wildman–Crippen MR) is 147 cm³/mol. The minimum atomic E-state index is -0.945. The van der Waals surface area contributed by atoms with Crippen LogP contribution < -0.4 is 14.5 Å². The molecule has 0 saturated carbocycles. The summed E-state index contributed by atoms with van der Waals surface area (Å²) in [4.78, 5) is 44.3. The van der Waals surface area contributed by atoms with Crippen molar-refractivity contribution in [3.05, 3.63) is 52.9 Å². The number of hydrogen-bond acceptors (Lipinski definition) is 9. The molecule has 0 saturated heterocycles. The maximum absolute atomic E-state index is 13.0. The summed E-state index contributed by atoms with van der Waals surface area (Å²) >= 11 is 0. The molecule has 3 heterocycles. The Morgan fingerprint density at radius 1 is 1.23 bits per heavy atom. The fourth-order valence-electron chi connectivity index (χ4n) is 4.45. The molecule has 1 aromatic carbocycles. The van der Waals surface area contributed by atoms with Gasteiger partial charge in [0.15, 0.2) is 0 Å². The number of anilines is 2. The number of halogens is 1. The lowest BCUT2D eigenvalue weighted by atomic mass is 10.0. The van der Waals surface area contributed by atoms with Crippen molar-refractivity contribution in [1.82, 2.24) is 4.98 Å². The molecule has 0 N–H and O–H groups in total. The van der Waals surface area contributed by atoms with Gasteiger partial charge in [0, 0.05) is 22.8 Å². The maximum Gasteiger partial charge on any atom is 0.415 e. The lowest BCUT2D eigenvalue weighted by Crippen LogP contribution is -2.42. The van der Waals surface area contributed by atoms with Crippen LogP contribution in [0.1, 0.15) is 38.3 Å². The summed E-state index contributed by atoms with van der Waals surface area (Å²) in [5.74, 6) is -0.539. The summed E-state index contributed by atoms with van der Waals surface area (Å²) in [6, 6.07) is 6.89. The van der Waals surface area contributed by atoms with Crippen molar-refractivity contribution in [3.8, 4) is 5.88 Å². The highest BCUT2D eigenvalue weighted by atomic mass is 19.3. The third-order valence-electron chi connectivity index (χ3n) is 6.32. The molecule has 10 nitrogen and oxygen atoms in total. The lowest BCUT2D eigenvalue weighted by molar-refractivity contribution is -0.182. The first-order valence-electron chi connectivity index (χ1n) is 12.6. The largest absolute Gasteiger partial charge is 0.474 e. The third-order valence-corrected chi connectivity index (χ3v) is 6.32. The van der Waals surface area contributed by atoms with E-state index in [-0.39, 0.29) is 6.42 Å². The van der Waals surface area contributed by atoms with Crippen LogP contribution in [0.3, 0.4) is 0 Å². The second kappa shape index (κ2) is 11.6. The minimum absolute atomic E-state index is 0.148. The quantitative estimate of drug-likeness (QED) is 0.474. The Labute approximate surface area is 226 Å².